The highest BCUT2D eigenvalue weighted by Crippen LogP contribution is 2.28. The molecule has 0 saturated carbocycles. The van der Waals surface area contributed by atoms with E-state index in [4.69, 9.17) is 13.9 Å². The number of amides is 1. The summed E-state index contributed by atoms with van der Waals surface area (Å²) in [6.07, 6.45) is 1.59. The molecule has 0 radical (unpaired) electrons. The number of thioether (sulfide) groups is 1. The van der Waals surface area contributed by atoms with Crippen LogP contribution in [-0.2, 0) is 4.79 Å². The second-order valence-corrected chi connectivity index (χ2v) is 7.03. The zero-order valence-corrected chi connectivity index (χ0v) is 16.7. The Hall–Kier alpha value is -3.00. The van der Waals surface area contributed by atoms with Crippen molar-refractivity contribution >= 4 is 35.0 Å². The standard InChI is InChI=1S/C20H21N3O4S/c1-13(2)26-17-9-8-14(10-18(17)25-3)11-21-23-19(24)12-28-20-22-15-6-4-5-7-16(15)27-20/h4-11,13H,12H2,1-3H3,(H,23,24)/b21-11+. The van der Waals surface area contributed by atoms with Gasteiger partial charge in [-0.2, -0.15) is 5.10 Å². The lowest BCUT2D eigenvalue weighted by atomic mass is 10.2. The van der Waals surface area contributed by atoms with Gasteiger partial charge in [-0.3, -0.25) is 4.79 Å². The summed E-state index contributed by atoms with van der Waals surface area (Å²) in [6, 6.07) is 12.9. The molecule has 8 heteroatoms. The number of carbonyl (C=O) groups excluding carboxylic acids is 1. The Bertz CT molecular complexity index is 951. The third-order valence-electron chi connectivity index (χ3n) is 3.55. The molecule has 146 valence electrons. The van der Waals surface area contributed by atoms with Gasteiger partial charge in [-0.05, 0) is 49.7 Å². The van der Waals surface area contributed by atoms with Crippen LogP contribution in [0.2, 0.25) is 0 Å². The number of benzene rings is 2. The summed E-state index contributed by atoms with van der Waals surface area (Å²) in [7, 11) is 1.58. The highest BCUT2D eigenvalue weighted by atomic mass is 32.2. The van der Waals surface area contributed by atoms with Crippen LogP contribution in [0.4, 0.5) is 0 Å². The number of rotatable bonds is 8. The number of oxazole rings is 1. The van der Waals surface area contributed by atoms with Gasteiger partial charge >= 0.3 is 0 Å². The van der Waals surface area contributed by atoms with Gasteiger partial charge in [0.25, 0.3) is 11.1 Å². The number of para-hydroxylation sites is 2. The molecule has 28 heavy (non-hydrogen) atoms. The minimum atomic E-state index is -0.254. The highest BCUT2D eigenvalue weighted by molar-refractivity contribution is 7.99. The molecule has 0 fully saturated rings. The topological polar surface area (TPSA) is 86.0 Å². The van der Waals surface area contributed by atoms with E-state index in [1.54, 1.807) is 19.4 Å². The van der Waals surface area contributed by atoms with Gasteiger partial charge in [-0.15, -0.1) is 0 Å². The molecule has 1 N–H and O–H groups in total. The van der Waals surface area contributed by atoms with Crippen LogP contribution in [-0.4, -0.2) is 36.1 Å². The summed E-state index contributed by atoms with van der Waals surface area (Å²) in [5, 5.41) is 4.43. The van der Waals surface area contributed by atoms with E-state index in [0.29, 0.717) is 22.3 Å². The van der Waals surface area contributed by atoms with Gasteiger partial charge in [0.1, 0.15) is 5.52 Å². The largest absolute Gasteiger partial charge is 0.493 e. The summed E-state index contributed by atoms with van der Waals surface area (Å²) >= 11 is 1.21. The predicted molar refractivity (Wildman–Crippen MR) is 109 cm³/mol. The van der Waals surface area contributed by atoms with E-state index in [2.05, 4.69) is 15.5 Å². The highest BCUT2D eigenvalue weighted by Gasteiger charge is 2.09. The smallest absolute Gasteiger partial charge is 0.257 e. The van der Waals surface area contributed by atoms with E-state index in [1.807, 2.05) is 50.2 Å². The van der Waals surface area contributed by atoms with Crippen molar-refractivity contribution in [3.63, 3.8) is 0 Å². The fourth-order valence-corrected chi connectivity index (χ4v) is 3.00. The van der Waals surface area contributed by atoms with Crippen molar-refractivity contribution in [1.82, 2.24) is 10.4 Å². The van der Waals surface area contributed by atoms with Crippen LogP contribution in [0.3, 0.4) is 0 Å². The summed E-state index contributed by atoms with van der Waals surface area (Å²) < 4.78 is 16.6. The quantitative estimate of drug-likeness (QED) is 0.352. The van der Waals surface area contributed by atoms with E-state index in [0.717, 1.165) is 11.1 Å². The molecule has 0 aliphatic heterocycles. The number of nitrogens with one attached hydrogen (secondary N) is 1. The monoisotopic (exact) mass is 399 g/mol. The van der Waals surface area contributed by atoms with E-state index < -0.39 is 0 Å². The third-order valence-corrected chi connectivity index (χ3v) is 4.38. The van der Waals surface area contributed by atoms with Crippen LogP contribution in [0.25, 0.3) is 11.1 Å². The molecule has 0 aliphatic rings. The van der Waals surface area contributed by atoms with Crippen LogP contribution >= 0.6 is 11.8 Å². The second-order valence-electron chi connectivity index (χ2n) is 6.11. The number of carbonyl (C=O) groups is 1. The zero-order chi connectivity index (χ0) is 19.9. The molecule has 0 atom stereocenters. The van der Waals surface area contributed by atoms with Crippen LogP contribution in [0.15, 0.2) is 57.2 Å². The van der Waals surface area contributed by atoms with Gasteiger partial charge in [-0.25, -0.2) is 10.4 Å². The molecule has 0 aliphatic carbocycles. The average molecular weight is 399 g/mol. The van der Waals surface area contributed by atoms with Gasteiger partial charge in [-0.1, -0.05) is 23.9 Å². The lowest BCUT2D eigenvalue weighted by molar-refractivity contribution is -0.118. The molecule has 0 unspecified atom stereocenters. The lowest BCUT2D eigenvalue weighted by Crippen LogP contribution is -2.19. The number of hydrazone groups is 1. The predicted octanol–water partition coefficient (Wildman–Crippen LogP) is 3.87. The van der Waals surface area contributed by atoms with Crippen LogP contribution in [0.5, 0.6) is 11.5 Å². The van der Waals surface area contributed by atoms with Crippen LogP contribution in [0, 0.1) is 0 Å². The van der Waals surface area contributed by atoms with Crippen molar-refractivity contribution in [2.45, 2.75) is 25.2 Å². The SMILES string of the molecule is COc1cc(/C=N/NC(=O)CSc2nc3ccccc3o2)ccc1OC(C)C. The molecule has 1 aromatic heterocycles. The Labute approximate surface area is 167 Å². The molecular formula is C20H21N3O4S. The summed E-state index contributed by atoms with van der Waals surface area (Å²) in [4.78, 5) is 16.3. The van der Waals surface area contributed by atoms with Gasteiger partial charge < -0.3 is 13.9 Å². The molecule has 1 heterocycles. The van der Waals surface area contributed by atoms with Crippen molar-refractivity contribution in [2.75, 3.05) is 12.9 Å². The van der Waals surface area contributed by atoms with E-state index in [9.17, 15) is 4.79 Å². The van der Waals surface area contributed by atoms with E-state index >= 15 is 0 Å². The summed E-state index contributed by atoms with van der Waals surface area (Å²) in [5.41, 5.74) is 4.73. The van der Waals surface area contributed by atoms with Crippen LogP contribution in [0.1, 0.15) is 19.4 Å². The Morgan fingerprint density at radius 1 is 1.29 bits per heavy atom. The first-order valence-electron chi connectivity index (χ1n) is 8.70. The number of fused-ring (bicyclic) bond motifs is 1. The van der Waals surface area contributed by atoms with Crippen molar-refractivity contribution < 1.29 is 18.7 Å². The third kappa shape index (κ3) is 5.26. The lowest BCUT2D eigenvalue weighted by Gasteiger charge is -2.13. The van der Waals surface area contributed by atoms with Gasteiger partial charge in [0, 0.05) is 0 Å². The minimum Gasteiger partial charge on any atom is -0.493 e. The molecule has 1 amide bonds. The number of hydrogen-bond acceptors (Lipinski definition) is 7. The minimum absolute atomic E-state index is 0.0476. The maximum atomic E-state index is 12.0. The molecular weight excluding hydrogens is 378 g/mol. The van der Waals surface area contributed by atoms with Crippen molar-refractivity contribution in [3.05, 3.63) is 48.0 Å². The molecule has 3 rings (SSSR count). The average Bonchev–Trinajstić information content (AvgIpc) is 3.10. The van der Waals surface area contributed by atoms with Crippen molar-refractivity contribution in [3.8, 4) is 11.5 Å². The maximum Gasteiger partial charge on any atom is 0.257 e. The van der Waals surface area contributed by atoms with E-state index in [-0.39, 0.29) is 17.8 Å². The second kappa shape index (κ2) is 9.27. The fraction of sp³-hybridized carbons (Fsp3) is 0.250. The molecule has 2 aromatic carbocycles. The molecule has 0 spiro atoms. The Morgan fingerprint density at radius 2 is 2.11 bits per heavy atom. The zero-order valence-electron chi connectivity index (χ0n) is 15.8. The number of aromatic nitrogens is 1. The van der Waals surface area contributed by atoms with Gasteiger partial charge in [0.2, 0.25) is 0 Å². The number of hydrogen-bond donors (Lipinski definition) is 1. The van der Waals surface area contributed by atoms with Crippen molar-refractivity contribution in [1.29, 1.82) is 0 Å². The molecule has 0 bridgehead atoms. The number of ether oxygens (including phenoxy) is 2. The van der Waals surface area contributed by atoms with Crippen molar-refractivity contribution in [2.24, 2.45) is 5.10 Å². The first-order chi connectivity index (χ1) is 13.5. The number of methoxy groups -OCH3 is 1. The normalized spacial score (nSPS) is 11.3. The van der Waals surface area contributed by atoms with E-state index in [1.165, 1.54) is 11.8 Å². The fourth-order valence-electron chi connectivity index (χ4n) is 2.37. The van der Waals surface area contributed by atoms with Gasteiger partial charge in [0.05, 0.1) is 25.2 Å². The molecule has 0 saturated heterocycles. The first-order valence-corrected chi connectivity index (χ1v) is 9.68. The van der Waals surface area contributed by atoms with Crippen LogP contribution < -0.4 is 14.9 Å². The Morgan fingerprint density at radius 3 is 2.86 bits per heavy atom. The maximum absolute atomic E-state index is 12.0. The summed E-state index contributed by atoms with van der Waals surface area (Å²) in [5.74, 6) is 1.16. The summed E-state index contributed by atoms with van der Waals surface area (Å²) in [6.45, 7) is 3.90. The molecule has 3 aromatic rings. The van der Waals surface area contributed by atoms with Gasteiger partial charge in [0.15, 0.2) is 17.1 Å². The molecule has 7 nitrogen and oxygen atoms in total. The Balaban J connectivity index is 1.52. The number of nitrogens with zero attached hydrogens (tertiary/aromatic N) is 2. The Kier molecular flexibility index (Phi) is 6.54. The first kappa shape index (κ1) is 19.8.